The van der Waals surface area contributed by atoms with Crippen LogP contribution in [0.25, 0.3) is 5.69 Å². The van der Waals surface area contributed by atoms with Gasteiger partial charge in [0.1, 0.15) is 12.7 Å². The highest BCUT2D eigenvalue weighted by Gasteiger charge is 2.24. The van der Waals surface area contributed by atoms with E-state index in [1.54, 1.807) is 31.9 Å². The number of nitrogens with zero attached hydrogens (tertiary/aromatic N) is 4. The molecule has 0 radical (unpaired) electrons. The summed E-state index contributed by atoms with van der Waals surface area (Å²) in [6.07, 6.45) is 3.06. The van der Waals surface area contributed by atoms with Crippen molar-refractivity contribution in [2.45, 2.75) is 37.8 Å². The fraction of sp³-hybridized carbons (Fsp3) is 0.286. The Hall–Kier alpha value is -2.75. The first-order valence-electron chi connectivity index (χ1n) is 9.64. The number of nitrogens with one attached hydrogen (secondary N) is 1. The van der Waals surface area contributed by atoms with Gasteiger partial charge in [0.15, 0.2) is 0 Å². The lowest BCUT2D eigenvalue weighted by Gasteiger charge is -2.26. The third-order valence-corrected chi connectivity index (χ3v) is 6.82. The Morgan fingerprint density at radius 2 is 1.81 bits per heavy atom. The largest absolute Gasteiger partial charge is 0.335 e. The van der Waals surface area contributed by atoms with E-state index in [1.807, 2.05) is 31.2 Å². The predicted octanol–water partition coefficient (Wildman–Crippen LogP) is 3.44. The Balaban J connectivity index is 1.84. The predicted molar refractivity (Wildman–Crippen MR) is 119 cm³/mol. The van der Waals surface area contributed by atoms with Crippen molar-refractivity contribution in [1.29, 1.82) is 0 Å². The number of carbonyl (C=O) groups is 1. The summed E-state index contributed by atoms with van der Waals surface area (Å²) in [5.74, 6) is -0.376. The zero-order valence-electron chi connectivity index (χ0n) is 17.7. The van der Waals surface area contributed by atoms with Crippen molar-refractivity contribution in [1.82, 2.24) is 24.4 Å². The molecule has 0 saturated carbocycles. The van der Waals surface area contributed by atoms with Gasteiger partial charge in [-0.05, 0) is 56.7 Å². The zero-order valence-corrected chi connectivity index (χ0v) is 19.2. The van der Waals surface area contributed by atoms with Crippen LogP contribution in [0.15, 0.2) is 60.0 Å². The molecule has 0 aliphatic carbocycles. The zero-order chi connectivity index (χ0) is 22.8. The van der Waals surface area contributed by atoms with Crippen molar-refractivity contribution < 1.29 is 13.2 Å². The molecule has 1 amide bonds. The van der Waals surface area contributed by atoms with Crippen LogP contribution in [0.4, 0.5) is 0 Å². The molecule has 10 heteroatoms. The molecule has 1 atom stereocenters. The monoisotopic (exact) mass is 461 g/mol. The quantitative estimate of drug-likeness (QED) is 0.581. The summed E-state index contributed by atoms with van der Waals surface area (Å²) in [5.41, 5.74) is 1.88. The van der Waals surface area contributed by atoms with Crippen molar-refractivity contribution in [2.24, 2.45) is 0 Å². The average molecular weight is 462 g/mol. The molecule has 2 aromatic carbocycles. The van der Waals surface area contributed by atoms with Gasteiger partial charge in [-0.3, -0.25) is 4.79 Å². The minimum Gasteiger partial charge on any atom is -0.335 e. The number of aromatic nitrogens is 3. The van der Waals surface area contributed by atoms with E-state index < -0.39 is 10.0 Å². The summed E-state index contributed by atoms with van der Waals surface area (Å²) in [7, 11) is -2.09. The van der Waals surface area contributed by atoms with Crippen LogP contribution in [0.3, 0.4) is 0 Å². The Labute approximate surface area is 186 Å². The van der Waals surface area contributed by atoms with Crippen LogP contribution in [0, 0.1) is 0 Å². The van der Waals surface area contributed by atoms with E-state index in [0.29, 0.717) is 0 Å². The van der Waals surface area contributed by atoms with E-state index in [9.17, 15) is 13.2 Å². The Morgan fingerprint density at radius 1 is 1.13 bits per heavy atom. The summed E-state index contributed by atoms with van der Waals surface area (Å²) < 4.78 is 29.1. The van der Waals surface area contributed by atoms with E-state index in [0.717, 1.165) is 11.3 Å². The van der Waals surface area contributed by atoms with Gasteiger partial charge in [-0.1, -0.05) is 23.7 Å². The molecule has 8 nitrogen and oxygen atoms in total. The third-order valence-electron chi connectivity index (χ3n) is 4.83. The first kappa shape index (κ1) is 22.9. The van der Waals surface area contributed by atoms with Gasteiger partial charge >= 0.3 is 0 Å². The highest BCUT2D eigenvalue weighted by atomic mass is 35.5. The molecule has 1 N–H and O–H groups in total. The van der Waals surface area contributed by atoms with Crippen LogP contribution >= 0.6 is 11.6 Å². The minimum absolute atomic E-state index is 0.00723. The number of halogens is 1. The lowest BCUT2D eigenvalue weighted by molar-refractivity contribution is 0.0742. The van der Waals surface area contributed by atoms with Crippen molar-refractivity contribution >= 4 is 27.5 Å². The van der Waals surface area contributed by atoms with Crippen molar-refractivity contribution in [2.75, 3.05) is 7.05 Å². The molecule has 0 fully saturated rings. The maximum atomic E-state index is 13.1. The van der Waals surface area contributed by atoms with Gasteiger partial charge in [0.2, 0.25) is 10.0 Å². The second-order valence-electron chi connectivity index (χ2n) is 7.44. The molecular weight excluding hydrogens is 438 g/mol. The van der Waals surface area contributed by atoms with Gasteiger partial charge < -0.3 is 4.90 Å². The number of amides is 1. The SMILES string of the molecule is CC(C)NS(=O)(=O)c1ccc(Cl)c(C(=O)N(C)C(C)c2ccc(-n3cncn3)cc2)c1. The van der Waals surface area contributed by atoms with Crippen LogP contribution in [0.2, 0.25) is 5.02 Å². The molecule has 0 bridgehead atoms. The molecule has 3 rings (SSSR count). The Bertz CT molecular complexity index is 1160. The van der Waals surface area contributed by atoms with Crippen molar-refractivity contribution in [3.8, 4) is 5.69 Å². The van der Waals surface area contributed by atoms with Crippen LogP contribution in [-0.2, 0) is 10.0 Å². The summed E-state index contributed by atoms with van der Waals surface area (Å²) in [6.45, 7) is 5.34. The van der Waals surface area contributed by atoms with Crippen LogP contribution in [-0.4, -0.2) is 47.1 Å². The summed E-state index contributed by atoms with van der Waals surface area (Å²) in [4.78, 5) is 18.6. The van der Waals surface area contributed by atoms with E-state index in [2.05, 4.69) is 14.8 Å². The highest BCUT2D eigenvalue weighted by molar-refractivity contribution is 7.89. The van der Waals surface area contributed by atoms with Gasteiger partial charge in [0, 0.05) is 13.1 Å². The molecular formula is C21H24ClN5O3S. The second kappa shape index (κ2) is 9.17. The Kier molecular flexibility index (Phi) is 6.78. The normalized spacial score (nSPS) is 12.7. The van der Waals surface area contributed by atoms with Crippen molar-refractivity contribution in [3.63, 3.8) is 0 Å². The maximum absolute atomic E-state index is 13.1. The molecule has 164 valence electrons. The van der Waals surface area contributed by atoms with Gasteiger partial charge in [-0.2, -0.15) is 5.10 Å². The molecule has 3 aromatic rings. The molecule has 1 unspecified atom stereocenters. The summed E-state index contributed by atoms with van der Waals surface area (Å²) in [5, 5.41) is 4.28. The van der Waals surface area contributed by atoms with E-state index in [4.69, 9.17) is 11.6 Å². The third kappa shape index (κ3) is 5.12. The summed E-state index contributed by atoms with van der Waals surface area (Å²) >= 11 is 6.24. The van der Waals surface area contributed by atoms with E-state index >= 15 is 0 Å². The van der Waals surface area contributed by atoms with Gasteiger partial charge in [-0.15, -0.1) is 0 Å². The van der Waals surface area contributed by atoms with E-state index in [1.165, 1.54) is 29.4 Å². The molecule has 0 spiro atoms. The minimum atomic E-state index is -3.75. The van der Waals surface area contributed by atoms with Gasteiger partial charge in [-0.25, -0.2) is 22.8 Å². The number of hydrogen-bond donors (Lipinski definition) is 1. The summed E-state index contributed by atoms with van der Waals surface area (Å²) in [6, 6.07) is 11.1. The topological polar surface area (TPSA) is 97.2 Å². The number of benzene rings is 2. The first-order chi connectivity index (χ1) is 14.6. The smallest absolute Gasteiger partial charge is 0.255 e. The number of carbonyl (C=O) groups excluding carboxylic acids is 1. The van der Waals surface area contributed by atoms with Gasteiger partial charge in [0.25, 0.3) is 5.91 Å². The standard InChI is InChI=1S/C21H24ClN5O3S/c1-14(2)25-31(29,30)18-9-10-20(22)19(11-18)21(28)26(4)15(3)16-5-7-17(8-6-16)27-13-23-12-24-27/h5-15,25H,1-4H3. The lowest BCUT2D eigenvalue weighted by Crippen LogP contribution is -2.32. The molecule has 0 aliphatic heterocycles. The lowest BCUT2D eigenvalue weighted by atomic mass is 10.1. The average Bonchev–Trinajstić information content (AvgIpc) is 3.26. The number of sulfonamides is 1. The Morgan fingerprint density at radius 3 is 2.39 bits per heavy atom. The first-order valence-corrected chi connectivity index (χ1v) is 11.5. The maximum Gasteiger partial charge on any atom is 0.255 e. The van der Waals surface area contributed by atoms with Crippen LogP contribution < -0.4 is 4.72 Å². The van der Waals surface area contributed by atoms with E-state index in [-0.39, 0.29) is 33.5 Å². The van der Waals surface area contributed by atoms with Crippen LogP contribution in [0.5, 0.6) is 0 Å². The molecule has 0 saturated heterocycles. The number of hydrogen-bond acceptors (Lipinski definition) is 5. The fourth-order valence-corrected chi connectivity index (χ4v) is 4.53. The van der Waals surface area contributed by atoms with Crippen LogP contribution in [0.1, 0.15) is 42.7 Å². The van der Waals surface area contributed by atoms with Gasteiger partial charge in [0.05, 0.1) is 27.2 Å². The molecule has 1 heterocycles. The number of rotatable bonds is 7. The highest BCUT2D eigenvalue weighted by Crippen LogP contribution is 2.26. The molecule has 31 heavy (non-hydrogen) atoms. The second-order valence-corrected chi connectivity index (χ2v) is 9.56. The van der Waals surface area contributed by atoms with Crippen molar-refractivity contribution in [3.05, 3.63) is 71.3 Å². The molecule has 0 aliphatic rings. The fourth-order valence-electron chi connectivity index (χ4n) is 3.05. The molecule has 1 aromatic heterocycles.